The average molecular weight is 354 g/mol. The van der Waals surface area contributed by atoms with Gasteiger partial charge in [0.2, 0.25) is 5.16 Å². The molecular weight excluding hydrogens is 338 g/mol. The maximum atomic E-state index is 12.2. The average Bonchev–Trinajstić information content (AvgIpc) is 3.23. The highest BCUT2D eigenvalue weighted by molar-refractivity contribution is 7.99. The molecule has 0 saturated heterocycles. The van der Waals surface area contributed by atoms with Gasteiger partial charge in [-0.1, -0.05) is 24.6 Å². The molecule has 0 atom stereocenters. The fourth-order valence-electron chi connectivity index (χ4n) is 2.69. The SMILES string of the molecule is O=C(CSc1nnnn1C1CCCC1)c1ccc(OC(F)F)cc1. The molecule has 0 bridgehead atoms. The zero-order valence-electron chi connectivity index (χ0n) is 12.8. The highest BCUT2D eigenvalue weighted by Gasteiger charge is 2.22. The summed E-state index contributed by atoms with van der Waals surface area (Å²) in [5.41, 5.74) is 0.434. The van der Waals surface area contributed by atoms with Gasteiger partial charge in [0.15, 0.2) is 5.78 Å². The lowest BCUT2D eigenvalue weighted by atomic mass is 10.1. The van der Waals surface area contributed by atoms with Crippen molar-refractivity contribution in [2.24, 2.45) is 0 Å². The first-order valence-electron chi connectivity index (χ1n) is 7.62. The second kappa shape index (κ2) is 7.69. The molecule has 1 saturated carbocycles. The van der Waals surface area contributed by atoms with E-state index in [2.05, 4.69) is 20.3 Å². The number of aromatic nitrogens is 4. The number of rotatable bonds is 7. The number of tetrazole rings is 1. The van der Waals surface area contributed by atoms with Crippen LogP contribution in [0.4, 0.5) is 8.78 Å². The Balaban J connectivity index is 1.58. The van der Waals surface area contributed by atoms with Crippen molar-refractivity contribution in [1.82, 2.24) is 20.2 Å². The summed E-state index contributed by atoms with van der Waals surface area (Å²) in [7, 11) is 0. The first kappa shape index (κ1) is 16.8. The topological polar surface area (TPSA) is 69.9 Å². The lowest BCUT2D eigenvalue weighted by molar-refractivity contribution is -0.0498. The molecule has 0 N–H and O–H groups in total. The number of nitrogens with zero attached hydrogens (tertiary/aromatic N) is 4. The smallest absolute Gasteiger partial charge is 0.387 e. The van der Waals surface area contributed by atoms with Gasteiger partial charge >= 0.3 is 6.61 Å². The Morgan fingerprint density at radius 3 is 2.67 bits per heavy atom. The molecule has 1 fully saturated rings. The van der Waals surface area contributed by atoms with Gasteiger partial charge in [0, 0.05) is 5.56 Å². The lowest BCUT2D eigenvalue weighted by Gasteiger charge is -2.10. The van der Waals surface area contributed by atoms with E-state index < -0.39 is 6.61 Å². The molecule has 3 rings (SSSR count). The van der Waals surface area contributed by atoms with E-state index in [1.807, 2.05) is 0 Å². The summed E-state index contributed by atoms with van der Waals surface area (Å²) >= 11 is 1.28. The number of ketones is 1. The number of hydrogen-bond donors (Lipinski definition) is 0. The van der Waals surface area contributed by atoms with Gasteiger partial charge in [-0.2, -0.15) is 8.78 Å². The molecule has 0 amide bonds. The van der Waals surface area contributed by atoms with Crippen molar-refractivity contribution < 1.29 is 18.3 Å². The number of benzene rings is 1. The quantitative estimate of drug-likeness (QED) is 0.561. The third-order valence-electron chi connectivity index (χ3n) is 3.87. The largest absolute Gasteiger partial charge is 0.435 e. The fourth-order valence-corrected chi connectivity index (χ4v) is 3.53. The monoisotopic (exact) mass is 354 g/mol. The first-order valence-corrected chi connectivity index (χ1v) is 8.61. The molecule has 6 nitrogen and oxygen atoms in total. The molecule has 0 aliphatic heterocycles. The van der Waals surface area contributed by atoms with Crippen LogP contribution in [0, 0.1) is 0 Å². The number of carbonyl (C=O) groups excluding carboxylic acids is 1. The van der Waals surface area contributed by atoms with Crippen LogP contribution in [0.25, 0.3) is 0 Å². The van der Waals surface area contributed by atoms with Crippen LogP contribution in [0.15, 0.2) is 29.4 Å². The predicted molar refractivity (Wildman–Crippen MR) is 83.5 cm³/mol. The summed E-state index contributed by atoms with van der Waals surface area (Å²) in [5.74, 6) is 0.0891. The Kier molecular flexibility index (Phi) is 5.39. The van der Waals surface area contributed by atoms with Crippen molar-refractivity contribution in [3.05, 3.63) is 29.8 Å². The van der Waals surface area contributed by atoms with Gasteiger partial charge < -0.3 is 4.74 Å². The molecule has 9 heteroatoms. The maximum absolute atomic E-state index is 12.2. The second-order valence-corrected chi connectivity index (χ2v) is 6.40. The molecule has 128 valence electrons. The number of carbonyl (C=O) groups is 1. The van der Waals surface area contributed by atoms with Gasteiger partial charge in [0.05, 0.1) is 11.8 Å². The van der Waals surface area contributed by atoms with Gasteiger partial charge in [-0.05, 0) is 47.5 Å². The summed E-state index contributed by atoms with van der Waals surface area (Å²) in [6, 6.07) is 5.96. The summed E-state index contributed by atoms with van der Waals surface area (Å²) in [4.78, 5) is 12.2. The van der Waals surface area contributed by atoms with Gasteiger partial charge in [0.1, 0.15) is 5.75 Å². The number of alkyl halides is 2. The zero-order valence-corrected chi connectivity index (χ0v) is 13.6. The van der Waals surface area contributed by atoms with E-state index in [0.29, 0.717) is 16.8 Å². The van der Waals surface area contributed by atoms with Gasteiger partial charge in [-0.3, -0.25) is 4.79 Å². The molecule has 0 unspecified atom stereocenters. The van der Waals surface area contributed by atoms with Crippen LogP contribution >= 0.6 is 11.8 Å². The summed E-state index contributed by atoms with van der Waals surface area (Å²) in [6.07, 6.45) is 4.44. The number of Topliss-reactive ketones (excluding diaryl/α,β-unsaturated/α-hetero) is 1. The molecule has 2 aromatic rings. The summed E-state index contributed by atoms with van der Waals surface area (Å²) in [6.45, 7) is -2.88. The van der Waals surface area contributed by atoms with E-state index >= 15 is 0 Å². The van der Waals surface area contributed by atoms with Crippen LogP contribution in [0.2, 0.25) is 0 Å². The van der Waals surface area contributed by atoms with Gasteiger partial charge in [-0.25, -0.2) is 4.68 Å². The minimum Gasteiger partial charge on any atom is -0.435 e. The number of halogens is 2. The van der Waals surface area contributed by atoms with Crippen LogP contribution in [0.5, 0.6) is 5.75 Å². The van der Waals surface area contributed by atoms with Crippen molar-refractivity contribution in [3.63, 3.8) is 0 Å². The van der Waals surface area contributed by atoms with Crippen LogP contribution in [-0.2, 0) is 0 Å². The molecule has 1 aliphatic rings. The Labute approximate surface area is 141 Å². The van der Waals surface area contributed by atoms with Gasteiger partial charge in [0.25, 0.3) is 0 Å². The van der Waals surface area contributed by atoms with Crippen molar-refractivity contribution >= 4 is 17.5 Å². The molecule has 1 aromatic carbocycles. The molecule has 24 heavy (non-hydrogen) atoms. The van der Waals surface area contributed by atoms with Crippen LogP contribution < -0.4 is 4.74 Å². The maximum Gasteiger partial charge on any atom is 0.387 e. The molecular formula is C15H16F2N4O2S. The minimum atomic E-state index is -2.88. The number of ether oxygens (including phenoxy) is 1. The van der Waals surface area contributed by atoms with E-state index in [0.717, 1.165) is 12.8 Å². The molecule has 0 radical (unpaired) electrons. The summed E-state index contributed by atoms with van der Waals surface area (Å²) < 4.78 is 30.3. The Bertz CT molecular complexity index is 687. The Hall–Kier alpha value is -2.03. The van der Waals surface area contributed by atoms with Gasteiger partial charge in [-0.15, -0.1) is 5.10 Å². The molecule has 1 heterocycles. The first-order chi connectivity index (χ1) is 11.6. The highest BCUT2D eigenvalue weighted by Crippen LogP contribution is 2.31. The Morgan fingerprint density at radius 1 is 1.29 bits per heavy atom. The van der Waals surface area contributed by atoms with Crippen molar-refractivity contribution in [3.8, 4) is 5.75 Å². The summed E-state index contributed by atoms with van der Waals surface area (Å²) in [5, 5.41) is 12.3. The van der Waals surface area contributed by atoms with Crippen molar-refractivity contribution in [2.45, 2.75) is 43.5 Å². The Morgan fingerprint density at radius 2 is 2.00 bits per heavy atom. The van der Waals surface area contributed by atoms with Crippen LogP contribution in [0.1, 0.15) is 42.1 Å². The normalized spacial score (nSPS) is 15.1. The van der Waals surface area contributed by atoms with Crippen molar-refractivity contribution in [2.75, 3.05) is 5.75 Å². The van der Waals surface area contributed by atoms with E-state index in [-0.39, 0.29) is 17.3 Å². The lowest BCUT2D eigenvalue weighted by Crippen LogP contribution is -2.10. The van der Waals surface area contributed by atoms with E-state index in [1.165, 1.54) is 48.9 Å². The molecule has 1 aromatic heterocycles. The standard InChI is InChI=1S/C15H16F2N4O2S/c16-14(17)23-12-7-5-10(6-8-12)13(22)9-24-15-18-19-20-21(15)11-3-1-2-4-11/h5-8,11,14H,1-4,9H2. The van der Waals surface area contributed by atoms with E-state index in [9.17, 15) is 13.6 Å². The zero-order chi connectivity index (χ0) is 16.9. The highest BCUT2D eigenvalue weighted by atomic mass is 32.2. The third kappa shape index (κ3) is 4.08. The third-order valence-corrected chi connectivity index (χ3v) is 4.80. The predicted octanol–water partition coefficient (Wildman–Crippen LogP) is 3.36. The fraction of sp³-hybridized carbons (Fsp3) is 0.467. The molecule has 0 spiro atoms. The van der Waals surface area contributed by atoms with Crippen LogP contribution in [0.3, 0.4) is 0 Å². The van der Waals surface area contributed by atoms with Crippen LogP contribution in [-0.4, -0.2) is 38.4 Å². The minimum absolute atomic E-state index is 0.0272. The second-order valence-electron chi connectivity index (χ2n) is 5.46. The number of hydrogen-bond acceptors (Lipinski definition) is 6. The van der Waals surface area contributed by atoms with E-state index in [4.69, 9.17) is 0 Å². The van der Waals surface area contributed by atoms with E-state index in [1.54, 1.807) is 4.68 Å². The number of thioether (sulfide) groups is 1. The molecule has 1 aliphatic carbocycles. The van der Waals surface area contributed by atoms with Crippen molar-refractivity contribution in [1.29, 1.82) is 0 Å².